The van der Waals surface area contributed by atoms with Gasteiger partial charge in [0.2, 0.25) is 0 Å². The zero-order valence-corrected chi connectivity index (χ0v) is 21.2. The predicted octanol–water partition coefficient (Wildman–Crippen LogP) is 8.32. The van der Waals surface area contributed by atoms with E-state index in [2.05, 4.69) is 6.92 Å². The first-order valence-electron chi connectivity index (χ1n) is 13.4. The maximum atomic E-state index is 15.0. The van der Waals surface area contributed by atoms with Crippen LogP contribution >= 0.6 is 0 Å². The van der Waals surface area contributed by atoms with Gasteiger partial charge in [0.05, 0.1) is 0 Å². The van der Waals surface area contributed by atoms with Crippen LogP contribution in [-0.4, -0.2) is 31.0 Å². The lowest BCUT2D eigenvalue weighted by Crippen LogP contribution is -2.38. The van der Waals surface area contributed by atoms with E-state index in [-0.39, 0.29) is 0 Å². The molecule has 0 amide bonds. The number of hydrogen-bond donors (Lipinski definition) is 0. The molecule has 1 aromatic rings. The average molecular weight is 479 g/mol. The van der Waals surface area contributed by atoms with Crippen LogP contribution in [-0.2, 0) is 9.53 Å². The molecule has 0 radical (unpaired) electrons. The Morgan fingerprint density at radius 1 is 1.00 bits per heavy atom. The number of allylic oxidation sites excluding steroid dienone is 1. The first-order valence-corrected chi connectivity index (χ1v) is 13.4. The van der Waals surface area contributed by atoms with Crippen LogP contribution in [0, 0.1) is 5.92 Å². The molecule has 0 saturated carbocycles. The summed E-state index contributed by atoms with van der Waals surface area (Å²) < 4.78 is 40.5. The smallest absolute Gasteiger partial charge is 0.334 e. The molecule has 0 saturated heterocycles. The van der Waals surface area contributed by atoms with E-state index in [0.29, 0.717) is 36.5 Å². The molecular formula is C29H44F2O3. The molecule has 0 aliphatic heterocycles. The Hall–Kier alpha value is -1.91. The summed E-state index contributed by atoms with van der Waals surface area (Å²) in [5.74, 6) is 0.609. The van der Waals surface area contributed by atoms with E-state index >= 15 is 0 Å². The van der Waals surface area contributed by atoms with Crippen molar-refractivity contribution in [3.05, 3.63) is 42.0 Å². The second-order valence-corrected chi connectivity index (χ2v) is 9.60. The molecule has 1 aliphatic carbocycles. The number of rotatable bonds is 17. The molecule has 3 nitrogen and oxygen atoms in total. The molecular weight excluding hydrogens is 434 g/mol. The van der Waals surface area contributed by atoms with Crippen molar-refractivity contribution in [3.8, 4) is 5.75 Å². The van der Waals surface area contributed by atoms with Crippen LogP contribution in [0.15, 0.2) is 42.0 Å². The lowest BCUT2D eigenvalue weighted by Gasteiger charge is -2.26. The van der Waals surface area contributed by atoms with Crippen LogP contribution in [0.25, 0.3) is 0 Å². The molecule has 192 valence electrons. The summed E-state index contributed by atoms with van der Waals surface area (Å²) in [6.07, 6.45) is 10.3. The fourth-order valence-electron chi connectivity index (χ4n) is 4.47. The number of unbranched alkanes of at least 4 members (excludes halogenated alkanes) is 6. The second kappa shape index (κ2) is 16.7. The Balaban J connectivity index is 1.80. The first kappa shape index (κ1) is 28.3. The summed E-state index contributed by atoms with van der Waals surface area (Å²) in [6.45, 7) is 3.80. The highest BCUT2D eigenvalue weighted by Crippen LogP contribution is 2.29. The van der Waals surface area contributed by atoms with Gasteiger partial charge in [0.15, 0.2) is 12.3 Å². The summed E-state index contributed by atoms with van der Waals surface area (Å²) in [4.78, 5) is 12.7. The number of carbonyl (C=O) groups excluding carboxylic acids is 1. The number of para-hydroxylation sites is 1. The van der Waals surface area contributed by atoms with E-state index < -0.39 is 31.0 Å². The van der Waals surface area contributed by atoms with Crippen molar-refractivity contribution in [1.82, 2.24) is 0 Å². The molecule has 0 spiro atoms. The molecule has 0 aromatic heterocycles. The lowest BCUT2D eigenvalue weighted by molar-refractivity contribution is -0.150. The van der Waals surface area contributed by atoms with Gasteiger partial charge in [0.1, 0.15) is 18.5 Å². The van der Waals surface area contributed by atoms with E-state index in [4.69, 9.17) is 9.47 Å². The third-order valence-corrected chi connectivity index (χ3v) is 6.70. The molecule has 1 aromatic carbocycles. The fourth-order valence-corrected chi connectivity index (χ4v) is 4.47. The van der Waals surface area contributed by atoms with Crippen LogP contribution < -0.4 is 4.74 Å². The van der Waals surface area contributed by atoms with Gasteiger partial charge in [0, 0.05) is 5.57 Å². The van der Waals surface area contributed by atoms with Crippen LogP contribution in [0.2, 0.25) is 0 Å². The minimum atomic E-state index is -1.91. The van der Waals surface area contributed by atoms with Gasteiger partial charge in [-0.05, 0) is 50.2 Å². The monoisotopic (exact) mass is 478 g/mol. The summed E-state index contributed by atoms with van der Waals surface area (Å²) in [6, 6.07) is 8.78. The Morgan fingerprint density at radius 3 is 2.38 bits per heavy atom. The maximum absolute atomic E-state index is 15.0. The normalized spacial score (nSPS) is 18.6. The summed E-state index contributed by atoms with van der Waals surface area (Å²) in [7, 11) is 0. The zero-order chi connectivity index (χ0) is 24.6. The number of alkyl halides is 2. The van der Waals surface area contributed by atoms with Gasteiger partial charge >= 0.3 is 5.97 Å². The van der Waals surface area contributed by atoms with E-state index in [1.165, 1.54) is 44.9 Å². The lowest BCUT2D eigenvalue weighted by atomic mass is 9.86. The Bertz CT molecular complexity index is 707. The van der Waals surface area contributed by atoms with Gasteiger partial charge in [-0.25, -0.2) is 13.6 Å². The molecule has 2 rings (SSSR count). The number of benzene rings is 1. The highest BCUT2D eigenvalue weighted by atomic mass is 19.2. The Kier molecular flexibility index (Phi) is 13.9. The highest BCUT2D eigenvalue weighted by Gasteiger charge is 2.34. The standard InChI is InChI=1S/C29H44F2O3/c1-3-5-7-8-9-11-14-23-18-20-24(21-19-23)29(32)34-27(17-6-4-2)28(31)26(30)22-33-25-15-12-10-13-16-25/h10,12-13,15-16,20,23,26-28H,3-9,11,14,17-19,21-22H2,1-2H3. The molecule has 0 bridgehead atoms. The van der Waals surface area contributed by atoms with Crippen LogP contribution in [0.5, 0.6) is 5.75 Å². The average Bonchev–Trinajstić information content (AvgIpc) is 2.87. The Morgan fingerprint density at radius 2 is 1.71 bits per heavy atom. The summed E-state index contributed by atoms with van der Waals surface area (Å²) >= 11 is 0. The summed E-state index contributed by atoms with van der Waals surface area (Å²) in [5.41, 5.74) is 0.615. The number of esters is 1. The summed E-state index contributed by atoms with van der Waals surface area (Å²) in [5, 5.41) is 0. The molecule has 34 heavy (non-hydrogen) atoms. The SMILES string of the molecule is CCCCCCCCC1CC=C(C(=O)OC(CCCC)C(F)C(F)COc2ccccc2)CC1. The highest BCUT2D eigenvalue weighted by molar-refractivity contribution is 5.88. The van der Waals surface area contributed by atoms with Crippen LogP contribution in [0.4, 0.5) is 8.78 Å². The fraction of sp³-hybridized carbons (Fsp3) is 0.690. The third kappa shape index (κ3) is 10.6. The van der Waals surface area contributed by atoms with Crippen molar-refractivity contribution in [1.29, 1.82) is 0 Å². The van der Waals surface area contributed by atoms with Gasteiger partial charge in [-0.2, -0.15) is 0 Å². The molecule has 5 heteroatoms. The molecule has 0 N–H and O–H groups in total. The molecule has 4 atom stereocenters. The van der Waals surface area contributed by atoms with E-state index in [1.54, 1.807) is 24.3 Å². The third-order valence-electron chi connectivity index (χ3n) is 6.70. The quantitative estimate of drug-likeness (QED) is 0.167. The van der Waals surface area contributed by atoms with Gasteiger partial charge in [-0.1, -0.05) is 89.5 Å². The van der Waals surface area contributed by atoms with Crippen molar-refractivity contribution in [2.75, 3.05) is 6.61 Å². The minimum absolute atomic E-state index is 0.309. The number of hydrogen-bond acceptors (Lipinski definition) is 3. The van der Waals surface area contributed by atoms with Crippen molar-refractivity contribution in [2.24, 2.45) is 5.92 Å². The predicted molar refractivity (Wildman–Crippen MR) is 135 cm³/mol. The van der Waals surface area contributed by atoms with Crippen molar-refractivity contribution in [2.45, 2.75) is 116 Å². The topological polar surface area (TPSA) is 35.5 Å². The van der Waals surface area contributed by atoms with E-state index in [9.17, 15) is 13.6 Å². The molecule has 1 aliphatic rings. The van der Waals surface area contributed by atoms with E-state index in [0.717, 1.165) is 19.3 Å². The molecule has 0 fully saturated rings. The maximum Gasteiger partial charge on any atom is 0.334 e. The van der Waals surface area contributed by atoms with Gasteiger partial charge < -0.3 is 9.47 Å². The van der Waals surface area contributed by atoms with Gasteiger partial charge in [-0.3, -0.25) is 0 Å². The van der Waals surface area contributed by atoms with Gasteiger partial charge in [0.25, 0.3) is 0 Å². The van der Waals surface area contributed by atoms with Crippen molar-refractivity contribution in [3.63, 3.8) is 0 Å². The minimum Gasteiger partial charge on any atom is -0.490 e. The second-order valence-electron chi connectivity index (χ2n) is 9.60. The first-order chi connectivity index (χ1) is 16.5. The number of ether oxygens (including phenoxy) is 2. The molecule has 4 unspecified atom stereocenters. The van der Waals surface area contributed by atoms with Crippen LogP contribution in [0.1, 0.15) is 97.3 Å². The number of carbonyl (C=O) groups is 1. The molecule has 0 heterocycles. The van der Waals surface area contributed by atoms with Crippen molar-refractivity contribution >= 4 is 5.97 Å². The number of halogens is 2. The Labute approximate surface area is 205 Å². The van der Waals surface area contributed by atoms with Crippen LogP contribution in [0.3, 0.4) is 0 Å². The van der Waals surface area contributed by atoms with E-state index in [1.807, 2.05) is 19.1 Å². The van der Waals surface area contributed by atoms with Gasteiger partial charge in [-0.15, -0.1) is 0 Å². The zero-order valence-electron chi connectivity index (χ0n) is 21.2. The van der Waals surface area contributed by atoms with Crippen molar-refractivity contribution < 1.29 is 23.0 Å². The largest absolute Gasteiger partial charge is 0.490 e.